The van der Waals surface area contributed by atoms with Gasteiger partial charge in [-0.05, 0) is 32.4 Å². The van der Waals surface area contributed by atoms with E-state index in [0.29, 0.717) is 0 Å². The molecule has 0 aliphatic heterocycles. The molecule has 25 heavy (non-hydrogen) atoms. The van der Waals surface area contributed by atoms with Gasteiger partial charge in [0.05, 0.1) is 16.1 Å². The summed E-state index contributed by atoms with van der Waals surface area (Å²) in [4.78, 5) is 10.7. The fraction of sp³-hybridized carbons (Fsp3) is 0.211. The van der Waals surface area contributed by atoms with Crippen molar-refractivity contribution in [1.82, 2.24) is 14.2 Å². The van der Waals surface area contributed by atoms with Crippen molar-refractivity contribution < 1.29 is 4.92 Å². The van der Waals surface area contributed by atoms with E-state index in [-0.39, 0.29) is 10.6 Å². The number of aromatic nitrogens is 3. The normalized spacial score (nSPS) is 11.5. The molecule has 6 nitrogen and oxygen atoms in total. The van der Waals surface area contributed by atoms with Crippen LogP contribution in [0.25, 0.3) is 27.4 Å². The molecule has 1 aromatic carbocycles. The van der Waals surface area contributed by atoms with E-state index >= 15 is 0 Å². The summed E-state index contributed by atoms with van der Waals surface area (Å²) in [5.74, 6) is 0. The van der Waals surface area contributed by atoms with Crippen molar-refractivity contribution in [3.8, 4) is 11.1 Å². The average Bonchev–Trinajstić information content (AvgIpc) is 3.10. The van der Waals surface area contributed by atoms with Gasteiger partial charge in [0.1, 0.15) is 0 Å². The van der Waals surface area contributed by atoms with Crippen molar-refractivity contribution in [1.29, 1.82) is 0 Å². The predicted molar refractivity (Wildman–Crippen MR) is 98.0 cm³/mol. The fourth-order valence-corrected chi connectivity index (χ4v) is 3.59. The molecular weight excluding hydrogens is 316 g/mol. The van der Waals surface area contributed by atoms with Gasteiger partial charge in [0.15, 0.2) is 0 Å². The highest BCUT2D eigenvalue weighted by Crippen LogP contribution is 2.33. The van der Waals surface area contributed by atoms with Crippen LogP contribution < -0.4 is 0 Å². The molecular formula is C19H18N4O2. The Morgan fingerprint density at radius 2 is 1.76 bits per heavy atom. The molecule has 126 valence electrons. The first-order valence-corrected chi connectivity index (χ1v) is 8.08. The Morgan fingerprint density at radius 3 is 2.48 bits per heavy atom. The van der Waals surface area contributed by atoms with E-state index in [2.05, 4.69) is 31.5 Å². The summed E-state index contributed by atoms with van der Waals surface area (Å²) in [6.45, 7) is 6.22. The number of aryl methyl sites for hydroxylation is 3. The summed E-state index contributed by atoms with van der Waals surface area (Å²) in [6.07, 6.45) is 1.93. The molecule has 6 heteroatoms. The van der Waals surface area contributed by atoms with E-state index in [4.69, 9.17) is 5.10 Å². The fourth-order valence-electron chi connectivity index (χ4n) is 3.59. The van der Waals surface area contributed by atoms with Crippen LogP contribution >= 0.6 is 0 Å². The van der Waals surface area contributed by atoms with E-state index < -0.39 is 0 Å². The van der Waals surface area contributed by atoms with Gasteiger partial charge in [-0.1, -0.05) is 12.1 Å². The monoisotopic (exact) mass is 334 g/mol. The Kier molecular flexibility index (Phi) is 3.18. The molecule has 0 bridgehead atoms. The summed E-state index contributed by atoms with van der Waals surface area (Å²) >= 11 is 0. The van der Waals surface area contributed by atoms with Gasteiger partial charge < -0.3 is 4.57 Å². The summed E-state index contributed by atoms with van der Waals surface area (Å²) in [5, 5.41) is 18.1. The van der Waals surface area contributed by atoms with Crippen LogP contribution in [-0.4, -0.2) is 19.1 Å². The Bertz CT molecular complexity index is 1170. The van der Waals surface area contributed by atoms with Crippen LogP contribution in [0, 0.1) is 30.9 Å². The highest BCUT2D eigenvalue weighted by molar-refractivity contribution is 6.02. The van der Waals surface area contributed by atoms with Gasteiger partial charge in [-0.2, -0.15) is 5.10 Å². The van der Waals surface area contributed by atoms with Gasteiger partial charge in [-0.15, -0.1) is 0 Å². The topological polar surface area (TPSA) is 65.4 Å². The minimum absolute atomic E-state index is 0.0915. The number of hydrogen-bond acceptors (Lipinski definition) is 3. The maximum absolute atomic E-state index is 11.0. The zero-order valence-electron chi connectivity index (χ0n) is 14.6. The molecule has 0 spiro atoms. The number of rotatable bonds is 2. The number of hydrogen-bond donors (Lipinski definition) is 0. The van der Waals surface area contributed by atoms with Gasteiger partial charge in [-0.25, -0.2) is 4.52 Å². The Labute approximate surface area is 144 Å². The van der Waals surface area contributed by atoms with E-state index in [1.165, 1.54) is 28.2 Å². The second-order valence-corrected chi connectivity index (χ2v) is 6.43. The number of nitro groups is 1. The summed E-state index contributed by atoms with van der Waals surface area (Å²) in [5.41, 5.74) is 6.20. The summed E-state index contributed by atoms with van der Waals surface area (Å²) in [6, 6.07) is 8.75. The third-order valence-corrected chi connectivity index (χ3v) is 5.05. The lowest BCUT2D eigenvalue weighted by Crippen LogP contribution is -1.94. The number of nitro benzene ring substituents is 1. The molecule has 0 N–H and O–H groups in total. The SMILES string of the molecule is Cc1nn2cc(-c3cccc([N+](=O)[O-])c3)cc2c2c(C)n(C)c(C)c12. The molecule has 3 heterocycles. The van der Waals surface area contributed by atoms with Crippen LogP contribution in [0.1, 0.15) is 17.1 Å². The van der Waals surface area contributed by atoms with Crippen LogP contribution in [0.15, 0.2) is 36.5 Å². The molecule has 0 aliphatic rings. The summed E-state index contributed by atoms with van der Waals surface area (Å²) < 4.78 is 4.05. The minimum atomic E-state index is -0.370. The van der Waals surface area contributed by atoms with Crippen molar-refractivity contribution in [2.24, 2.45) is 7.05 Å². The largest absolute Gasteiger partial charge is 0.351 e. The zero-order valence-corrected chi connectivity index (χ0v) is 14.6. The minimum Gasteiger partial charge on any atom is -0.351 e. The maximum atomic E-state index is 11.0. The van der Waals surface area contributed by atoms with E-state index in [1.54, 1.807) is 12.1 Å². The quantitative estimate of drug-likeness (QED) is 0.405. The average molecular weight is 334 g/mol. The molecule has 3 aromatic heterocycles. The molecule has 0 saturated heterocycles. The van der Waals surface area contributed by atoms with Crippen molar-refractivity contribution in [2.45, 2.75) is 20.8 Å². The van der Waals surface area contributed by atoms with E-state index in [1.807, 2.05) is 23.7 Å². The predicted octanol–water partition coefficient (Wildman–Crippen LogP) is 4.33. The molecule has 0 amide bonds. The number of nitrogens with zero attached hydrogens (tertiary/aromatic N) is 4. The number of non-ortho nitro benzene ring substituents is 1. The molecule has 4 rings (SSSR count). The van der Waals surface area contributed by atoms with Crippen LogP contribution in [0.5, 0.6) is 0 Å². The van der Waals surface area contributed by atoms with E-state index in [0.717, 1.165) is 22.3 Å². The Balaban J connectivity index is 2.03. The molecule has 0 saturated carbocycles. The Morgan fingerprint density at radius 1 is 1.04 bits per heavy atom. The number of benzene rings is 1. The molecule has 0 unspecified atom stereocenters. The number of fused-ring (bicyclic) bond motifs is 3. The zero-order chi connectivity index (χ0) is 17.9. The van der Waals surface area contributed by atoms with Crippen LogP contribution in [0.4, 0.5) is 5.69 Å². The molecule has 0 radical (unpaired) electrons. The van der Waals surface area contributed by atoms with E-state index in [9.17, 15) is 10.1 Å². The molecule has 0 atom stereocenters. The first-order valence-electron chi connectivity index (χ1n) is 8.08. The second-order valence-electron chi connectivity index (χ2n) is 6.43. The lowest BCUT2D eigenvalue weighted by Gasteiger charge is -2.01. The molecule has 0 aliphatic carbocycles. The second kappa shape index (κ2) is 5.17. The molecule has 0 fully saturated rings. The summed E-state index contributed by atoms with van der Waals surface area (Å²) in [7, 11) is 2.06. The van der Waals surface area contributed by atoms with Crippen molar-refractivity contribution in [3.05, 3.63) is 63.7 Å². The standard InChI is InChI=1S/C19H18N4O2/c1-11-18-12(2)21(4)13(3)19(18)17-9-15(10-22(17)20-11)14-6-5-7-16(8-14)23(24)25/h5-10H,1-4H3. The first kappa shape index (κ1) is 15.4. The van der Waals surface area contributed by atoms with Gasteiger partial charge in [0, 0.05) is 53.1 Å². The van der Waals surface area contributed by atoms with Crippen molar-refractivity contribution in [2.75, 3.05) is 0 Å². The van der Waals surface area contributed by atoms with Crippen molar-refractivity contribution in [3.63, 3.8) is 0 Å². The molecule has 4 aromatic rings. The maximum Gasteiger partial charge on any atom is 0.270 e. The van der Waals surface area contributed by atoms with Crippen LogP contribution in [-0.2, 0) is 7.05 Å². The van der Waals surface area contributed by atoms with Crippen LogP contribution in [0.3, 0.4) is 0 Å². The van der Waals surface area contributed by atoms with Gasteiger partial charge in [-0.3, -0.25) is 10.1 Å². The lowest BCUT2D eigenvalue weighted by atomic mass is 10.1. The third kappa shape index (κ3) is 2.14. The first-order chi connectivity index (χ1) is 11.9. The highest BCUT2D eigenvalue weighted by atomic mass is 16.6. The highest BCUT2D eigenvalue weighted by Gasteiger charge is 2.17. The van der Waals surface area contributed by atoms with Gasteiger partial charge in [0.25, 0.3) is 5.69 Å². The smallest absolute Gasteiger partial charge is 0.270 e. The third-order valence-electron chi connectivity index (χ3n) is 5.05. The Hall–Kier alpha value is -3.15. The van der Waals surface area contributed by atoms with Gasteiger partial charge in [0.2, 0.25) is 0 Å². The van der Waals surface area contributed by atoms with Crippen molar-refractivity contribution >= 4 is 22.0 Å². The lowest BCUT2D eigenvalue weighted by molar-refractivity contribution is -0.384. The van der Waals surface area contributed by atoms with Crippen LogP contribution in [0.2, 0.25) is 0 Å². The van der Waals surface area contributed by atoms with Gasteiger partial charge >= 0.3 is 0 Å².